The lowest BCUT2D eigenvalue weighted by Crippen LogP contribution is -2.35. The Morgan fingerprint density at radius 2 is 1.88 bits per heavy atom. The summed E-state index contributed by atoms with van der Waals surface area (Å²) in [5.41, 5.74) is 0.956. The molecule has 1 rings (SSSR count). The normalized spacial score (nSPS) is 11.9. The van der Waals surface area contributed by atoms with Crippen LogP contribution in [0.5, 0.6) is 0 Å². The average molecular weight is 333 g/mol. The molecule has 0 aliphatic carbocycles. The molecule has 1 amide bonds. The van der Waals surface area contributed by atoms with Gasteiger partial charge in [0.15, 0.2) is 0 Å². The van der Waals surface area contributed by atoms with Crippen LogP contribution in [0.25, 0.3) is 0 Å². The Morgan fingerprint density at radius 3 is 2.54 bits per heavy atom. The second-order valence-corrected chi connectivity index (χ2v) is 5.42. The van der Waals surface area contributed by atoms with Crippen molar-refractivity contribution in [2.75, 3.05) is 6.61 Å². The summed E-state index contributed by atoms with van der Waals surface area (Å²) in [4.78, 5) is 23.1. The highest BCUT2D eigenvalue weighted by Crippen LogP contribution is 2.07. The fraction of sp³-hybridized carbons (Fsp3) is 0.474. The Morgan fingerprint density at radius 1 is 1.12 bits per heavy atom. The molecule has 132 valence electrons. The molecule has 0 unspecified atom stereocenters. The third-order valence-electron chi connectivity index (χ3n) is 3.39. The standard InChI is InChI=1S/C19H27NO4/c1-3-10-17(13-8-9-14-18(21)23-4-2)20-19(22)24-15-16-11-6-5-7-12-16/h5-7,9,11-12,14,17H,3-4,8,10,13,15H2,1-2H3,(H,20,22)/b14-9+/t17-/m0/s1. The van der Waals surface area contributed by atoms with E-state index in [2.05, 4.69) is 12.2 Å². The fourth-order valence-electron chi connectivity index (χ4n) is 2.24. The van der Waals surface area contributed by atoms with Crippen LogP contribution in [-0.2, 0) is 20.9 Å². The molecule has 0 heterocycles. The summed E-state index contributed by atoms with van der Waals surface area (Å²) in [6, 6.07) is 9.60. The monoisotopic (exact) mass is 333 g/mol. The van der Waals surface area contributed by atoms with Crippen molar-refractivity contribution < 1.29 is 19.1 Å². The van der Waals surface area contributed by atoms with Gasteiger partial charge in [-0.2, -0.15) is 0 Å². The number of carbonyl (C=O) groups is 2. The van der Waals surface area contributed by atoms with Crippen LogP contribution in [0, 0.1) is 0 Å². The third kappa shape index (κ3) is 8.98. The maximum absolute atomic E-state index is 11.9. The first-order valence-electron chi connectivity index (χ1n) is 8.46. The summed E-state index contributed by atoms with van der Waals surface area (Å²) < 4.78 is 10.1. The van der Waals surface area contributed by atoms with Crippen molar-refractivity contribution in [2.24, 2.45) is 0 Å². The lowest BCUT2D eigenvalue weighted by atomic mass is 10.1. The van der Waals surface area contributed by atoms with Crippen molar-refractivity contribution in [3.63, 3.8) is 0 Å². The van der Waals surface area contributed by atoms with E-state index in [4.69, 9.17) is 9.47 Å². The number of amides is 1. The highest BCUT2D eigenvalue weighted by molar-refractivity contribution is 5.81. The molecule has 0 saturated carbocycles. The Labute approximate surface area is 144 Å². The van der Waals surface area contributed by atoms with E-state index in [9.17, 15) is 9.59 Å². The Bertz CT molecular complexity index is 513. The first kappa shape index (κ1) is 19.7. The Kier molecular flexibility index (Phi) is 10.0. The smallest absolute Gasteiger partial charge is 0.407 e. The highest BCUT2D eigenvalue weighted by atomic mass is 16.5. The maximum Gasteiger partial charge on any atom is 0.407 e. The van der Waals surface area contributed by atoms with Gasteiger partial charge in [-0.3, -0.25) is 0 Å². The van der Waals surface area contributed by atoms with Crippen molar-refractivity contribution >= 4 is 12.1 Å². The number of hydrogen-bond donors (Lipinski definition) is 1. The van der Waals surface area contributed by atoms with Gasteiger partial charge in [-0.25, -0.2) is 9.59 Å². The second kappa shape index (κ2) is 12.2. The fourth-order valence-corrected chi connectivity index (χ4v) is 2.24. The summed E-state index contributed by atoms with van der Waals surface area (Å²) in [6.45, 7) is 4.47. The molecule has 24 heavy (non-hydrogen) atoms. The predicted octanol–water partition coefficient (Wildman–Crippen LogP) is 3.98. The number of nitrogens with one attached hydrogen (secondary N) is 1. The van der Waals surface area contributed by atoms with Crippen LogP contribution in [0.1, 0.15) is 45.1 Å². The molecule has 0 aromatic heterocycles. The SMILES string of the molecule is CCC[C@@H](CC/C=C/C(=O)OCC)NC(=O)OCc1ccccc1. The van der Waals surface area contributed by atoms with Gasteiger partial charge in [-0.1, -0.05) is 49.8 Å². The van der Waals surface area contributed by atoms with Crippen LogP contribution in [0.4, 0.5) is 4.79 Å². The number of ether oxygens (including phenoxy) is 2. The molecular weight excluding hydrogens is 306 g/mol. The van der Waals surface area contributed by atoms with E-state index in [-0.39, 0.29) is 18.6 Å². The van der Waals surface area contributed by atoms with Crippen LogP contribution in [-0.4, -0.2) is 24.7 Å². The summed E-state index contributed by atoms with van der Waals surface area (Å²) in [6.07, 6.45) is 6.08. The number of hydrogen-bond acceptors (Lipinski definition) is 4. The molecule has 5 nitrogen and oxygen atoms in total. The first-order valence-corrected chi connectivity index (χ1v) is 8.46. The van der Waals surface area contributed by atoms with Gasteiger partial charge in [0.2, 0.25) is 0 Å². The molecule has 1 aromatic carbocycles. The molecule has 1 aromatic rings. The number of esters is 1. The minimum absolute atomic E-state index is 0.0325. The van der Waals surface area contributed by atoms with Gasteiger partial charge in [-0.15, -0.1) is 0 Å². The number of allylic oxidation sites excluding steroid dienone is 1. The summed E-state index contributed by atoms with van der Waals surface area (Å²) in [5.74, 6) is -0.334. The number of benzene rings is 1. The molecule has 5 heteroatoms. The third-order valence-corrected chi connectivity index (χ3v) is 3.39. The molecule has 0 radical (unpaired) electrons. The molecule has 0 bridgehead atoms. The van der Waals surface area contributed by atoms with Crippen molar-refractivity contribution in [3.8, 4) is 0 Å². The van der Waals surface area contributed by atoms with Crippen LogP contribution in [0.2, 0.25) is 0 Å². The molecule has 1 atom stereocenters. The molecule has 0 spiro atoms. The Balaban J connectivity index is 2.33. The Hall–Kier alpha value is -2.30. The van der Waals surface area contributed by atoms with Gasteiger partial charge in [0.25, 0.3) is 0 Å². The van der Waals surface area contributed by atoms with Crippen molar-refractivity contribution in [3.05, 3.63) is 48.0 Å². The van der Waals surface area contributed by atoms with Gasteiger partial charge >= 0.3 is 12.1 Å². The largest absolute Gasteiger partial charge is 0.463 e. The zero-order valence-corrected chi connectivity index (χ0v) is 14.5. The summed E-state index contributed by atoms with van der Waals surface area (Å²) >= 11 is 0. The van der Waals surface area contributed by atoms with E-state index in [0.717, 1.165) is 24.8 Å². The van der Waals surface area contributed by atoms with E-state index in [0.29, 0.717) is 13.0 Å². The minimum atomic E-state index is -0.410. The lowest BCUT2D eigenvalue weighted by Gasteiger charge is -2.17. The van der Waals surface area contributed by atoms with E-state index in [1.54, 1.807) is 13.0 Å². The molecule has 0 saturated heterocycles. The highest BCUT2D eigenvalue weighted by Gasteiger charge is 2.11. The average Bonchev–Trinajstić information content (AvgIpc) is 2.58. The zero-order valence-electron chi connectivity index (χ0n) is 14.5. The van der Waals surface area contributed by atoms with Crippen LogP contribution >= 0.6 is 0 Å². The summed E-state index contributed by atoms with van der Waals surface area (Å²) in [5, 5.41) is 2.89. The molecular formula is C19H27NO4. The van der Waals surface area contributed by atoms with Crippen LogP contribution in [0.15, 0.2) is 42.5 Å². The maximum atomic E-state index is 11.9. The topological polar surface area (TPSA) is 64.6 Å². The predicted molar refractivity (Wildman–Crippen MR) is 93.5 cm³/mol. The van der Waals surface area contributed by atoms with Gasteiger partial charge in [0.05, 0.1) is 6.61 Å². The van der Waals surface area contributed by atoms with Crippen LogP contribution < -0.4 is 5.32 Å². The lowest BCUT2D eigenvalue weighted by molar-refractivity contribution is -0.137. The van der Waals surface area contributed by atoms with E-state index in [1.165, 1.54) is 6.08 Å². The van der Waals surface area contributed by atoms with E-state index >= 15 is 0 Å². The molecule has 1 N–H and O–H groups in total. The van der Waals surface area contributed by atoms with Gasteiger partial charge in [0.1, 0.15) is 6.61 Å². The quantitative estimate of drug-likeness (QED) is 0.519. The van der Waals surface area contributed by atoms with E-state index < -0.39 is 6.09 Å². The van der Waals surface area contributed by atoms with Crippen molar-refractivity contribution in [2.45, 2.75) is 52.2 Å². The number of alkyl carbamates (subject to hydrolysis) is 1. The van der Waals surface area contributed by atoms with Gasteiger partial charge < -0.3 is 14.8 Å². The van der Waals surface area contributed by atoms with Gasteiger partial charge in [0, 0.05) is 12.1 Å². The molecule has 0 aliphatic rings. The molecule has 0 fully saturated rings. The summed E-state index contributed by atoms with van der Waals surface area (Å²) in [7, 11) is 0. The molecule has 0 aliphatic heterocycles. The van der Waals surface area contributed by atoms with Gasteiger partial charge in [-0.05, 0) is 31.7 Å². The van der Waals surface area contributed by atoms with Crippen molar-refractivity contribution in [1.29, 1.82) is 0 Å². The second-order valence-electron chi connectivity index (χ2n) is 5.42. The zero-order chi connectivity index (χ0) is 17.6. The number of carbonyl (C=O) groups excluding carboxylic acids is 2. The van der Waals surface area contributed by atoms with Crippen molar-refractivity contribution in [1.82, 2.24) is 5.32 Å². The minimum Gasteiger partial charge on any atom is -0.463 e. The van der Waals surface area contributed by atoms with Crippen LogP contribution in [0.3, 0.4) is 0 Å². The number of rotatable bonds is 10. The first-order chi connectivity index (χ1) is 11.7. The van der Waals surface area contributed by atoms with E-state index in [1.807, 2.05) is 30.3 Å².